The summed E-state index contributed by atoms with van der Waals surface area (Å²) in [6.07, 6.45) is 0.935. The van der Waals surface area contributed by atoms with Crippen molar-refractivity contribution in [2.75, 3.05) is 13.7 Å². The van der Waals surface area contributed by atoms with E-state index in [1.54, 1.807) is 7.11 Å². The normalized spacial score (nSPS) is 23.9. The topological polar surface area (TPSA) is 49.7 Å². The lowest BCUT2D eigenvalue weighted by molar-refractivity contribution is 0.139. The minimum atomic E-state index is -0.362. The predicted octanol–water partition coefficient (Wildman–Crippen LogP) is 1.08. The summed E-state index contributed by atoms with van der Waals surface area (Å²) < 4.78 is 5.16. The van der Waals surface area contributed by atoms with Crippen molar-refractivity contribution < 1.29 is 14.9 Å². The Balaban J connectivity index is 2.32. The molecule has 0 aromatic heterocycles. The summed E-state index contributed by atoms with van der Waals surface area (Å²) in [5.74, 6) is 0.867. The lowest BCUT2D eigenvalue weighted by Gasteiger charge is -2.14. The number of rotatable bonds is 3. The molecule has 1 aromatic carbocycles. The molecular weight excluding hydrogens is 192 g/mol. The van der Waals surface area contributed by atoms with Gasteiger partial charge in [0.15, 0.2) is 0 Å². The fourth-order valence-electron chi connectivity index (χ4n) is 2.29. The molecule has 0 radical (unpaired) electrons. The van der Waals surface area contributed by atoms with Crippen LogP contribution in [0.3, 0.4) is 0 Å². The number of aliphatic hydroxyl groups excluding tert-OH is 2. The Labute approximate surface area is 89.3 Å². The van der Waals surface area contributed by atoms with Gasteiger partial charge in [-0.1, -0.05) is 6.07 Å². The van der Waals surface area contributed by atoms with E-state index in [4.69, 9.17) is 9.84 Å². The number of hydrogen-bond donors (Lipinski definition) is 2. The van der Waals surface area contributed by atoms with Crippen LogP contribution in [-0.2, 0) is 6.42 Å². The van der Waals surface area contributed by atoms with Gasteiger partial charge in [0.25, 0.3) is 0 Å². The quantitative estimate of drug-likeness (QED) is 0.781. The summed E-state index contributed by atoms with van der Waals surface area (Å²) in [6, 6.07) is 5.87. The van der Waals surface area contributed by atoms with Gasteiger partial charge in [0.2, 0.25) is 0 Å². The Bertz CT molecular complexity index is 349. The minimum absolute atomic E-state index is 0.0556. The van der Waals surface area contributed by atoms with Crippen LogP contribution in [0.2, 0.25) is 0 Å². The molecule has 0 saturated heterocycles. The molecule has 0 fully saturated rings. The fourth-order valence-corrected chi connectivity index (χ4v) is 2.29. The van der Waals surface area contributed by atoms with Crippen molar-refractivity contribution >= 4 is 0 Å². The van der Waals surface area contributed by atoms with E-state index in [1.807, 2.05) is 18.2 Å². The SMILES string of the molecule is COc1ccc2c(c1)[C@@H](CCO)[C@H](O)C2. The van der Waals surface area contributed by atoms with E-state index in [0.717, 1.165) is 11.3 Å². The van der Waals surface area contributed by atoms with Crippen molar-refractivity contribution in [3.05, 3.63) is 29.3 Å². The highest BCUT2D eigenvalue weighted by atomic mass is 16.5. The van der Waals surface area contributed by atoms with Crippen molar-refractivity contribution in [2.24, 2.45) is 0 Å². The molecule has 0 aliphatic heterocycles. The summed E-state index contributed by atoms with van der Waals surface area (Å²) in [5.41, 5.74) is 2.29. The number of aliphatic hydroxyl groups is 2. The maximum absolute atomic E-state index is 9.85. The molecule has 0 bridgehead atoms. The predicted molar refractivity (Wildman–Crippen MR) is 57.1 cm³/mol. The van der Waals surface area contributed by atoms with Gasteiger partial charge in [-0.2, -0.15) is 0 Å². The van der Waals surface area contributed by atoms with Crippen LogP contribution < -0.4 is 4.74 Å². The molecule has 0 heterocycles. The van der Waals surface area contributed by atoms with Crippen LogP contribution in [0.1, 0.15) is 23.5 Å². The first-order valence-electron chi connectivity index (χ1n) is 5.22. The van der Waals surface area contributed by atoms with Gasteiger partial charge in [-0.05, 0) is 36.1 Å². The van der Waals surface area contributed by atoms with E-state index in [-0.39, 0.29) is 18.6 Å². The van der Waals surface area contributed by atoms with Crippen LogP contribution in [0.15, 0.2) is 18.2 Å². The molecule has 1 aliphatic carbocycles. The summed E-state index contributed by atoms with van der Waals surface area (Å²) in [5, 5.41) is 18.8. The van der Waals surface area contributed by atoms with Gasteiger partial charge in [-0.3, -0.25) is 0 Å². The van der Waals surface area contributed by atoms with E-state index >= 15 is 0 Å². The molecule has 15 heavy (non-hydrogen) atoms. The molecule has 1 aliphatic rings. The summed E-state index contributed by atoms with van der Waals surface area (Å²) in [7, 11) is 1.63. The van der Waals surface area contributed by atoms with Crippen molar-refractivity contribution in [1.29, 1.82) is 0 Å². The molecule has 0 saturated carbocycles. The zero-order chi connectivity index (χ0) is 10.8. The number of methoxy groups -OCH3 is 1. The number of hydrogen-bond acceptors (Lipinski definition) is 3. The van der Waals surface area contributed by atoms with E-state index in [9.17, 15) is 5.11 Å². The largest absolute Gasteiger partial charge is 0.497 e. The van der Waals surface area contributed by atoms with Crippen LogP contribution in [0, 0.1) is 0 Å². The molecule has 3 heteroatoms. The van der Waals surface area contributed by atoms with Crippen LogP contribution in [-0.4, -0.2) is 30.0 Å². The average molecular weight is 208 g/mol. The number of ether oxygens (including phenoxy) is 1. The lowest BCUT2D eigenvalue weighted by Crippen LogP contribution is -2.14. The number of fused-ring (bicyclic) bond motifs is 1. The molecule has 3 nitrogen and oxygen atoms in total. The molecule has 82 valence electrons. The highest BCUT2D eigenvalue weighted by Crippen LogP contribution is 2.37. The maximum Gasteiger partial charge on any atom is 0.119 e. The number of benzene rings is 1. The third-order valence-electron chi connectivity index (χ3n) is 3.09. The van der Waals surface area contributed by atoms with E-state index in [0.29, 0.717) is 12.8 Å². The molecule has 0 unspecified atom stereocenters. The average Bonchev–Trinajstić information content (AvgIpc) is 2.55. The van der Waals surface area contributed by atoms with Crippen molar-refractivity contribution in [3.63, 3.8) is 0 Å². The Morgan fingerprint density at radius 3 is 2.93 bits per heavy atom. The molecule has 1 aromatic rings. The van der Waals surface area contributed by atoms with Crippen molar-refractivity contribution in [2.45, 2.75) is 24.9 Å². The third kappa shape index (κ3) is 1.85. The first kappa shape index (κ1) is 10.5. The van der Waals surface area contributed by atoms with Crippen LogP contribution in [0.4, 0.5) is 0 Å². The molecule has 2 atom stereocenters. The first-order valence-corrected chi connectivity index (χ1v) is 5.22. The maximum atomic E-state index is 9.85. The summed E-state index contributed by atoms with van der Waals surface area (Å²) in [6.45, 7) is 0.110. The van der Waals surface area contributed by atoms with Gasteiger partial charge in [-0.25, -0.2) is 0 Å². The van der Waals surface area contributed by atoms with E-state index < -0.39 is 0 Å². The van der Waals surface area contributed by atoms with Gasteiger partial charge < -0.3 is 14.9 Å². The van der Waals surface area contributed by atoms with Crippen LogP contribution in [0.25, 0.3) is 0 Å². The highest BCUT2D eigenvalue weighted by molar-refractivity contribution is 5.42. The Morgan fingerprint density at radius 1 is 1.47 bits per heavy atom. The molecule has 2 N–H and O–H groups in total. The van der Waals surface area contributed by atoms with Crippen molar-refractivity contribution in [1.82, 2.24) is 0 Å². The van der Waals surface area contributed by atoms with Gasteiger partial charge in [0.05, 0.1) is 13.2 Å². The molecule has 0 spiro atoms. The van der Waals surface area contributed by atoms with Gasteiger partial charge in [0.1, 0.15) is 5.75 Å². The van der Waals surface area contributed by atoms with Crippen LogP contribution in [0.5, 0.6) is 5.75 Å². The van der Waals surface area contributed by atoms with Crippen molar-refractivity contribution in [3.8, 4) is 5.75 Å². The fraction of sp³-hybridized carbons (Fsp3) is 0.500. The standard InChI is InChI=1S/C12H16O3/c1-15-9-3-2-8-6-12(14)10(4-5-13)11(8)7-9/h2-3,7,10,12-14H,4-6H2,1H3/t10-,12-/m1/s1. The first-order chi connectivity index (χ1) is 7.26. The lowest BCUT2D eigenvalue weighted by atomic mass is 9.96. The van der Waals surface area contributed by atoms with E-state index in [2.05, 4.69) is 0 Å². The Hall–Kier alpha value is -1.06. The summed E-state index contributed by atoms with van der Waals surface area (Å²) in [4.78, 5) is 0. The molecular formula is C12H16O3. The van der Waals surface area contributed by atoms with Gasteiger partial charge in [0, 0.05) is 12.5 Å². The Kier molecular flexibility index (Phi) is 2.93. The minimum Gasteiger partial charge on any atom is -0.497 e. The zero-order valence-corrected chi connectivity index (χ0v) is 8.81. The van der Waals surface area contributed by atoms with Gasteiger partial charge in [-0.15, -0.1) is 0 Å². The second-order valence-corrected chi connectivity index (χ2v) is 3.95. The van der Waals surface area contributed by atoms with Gasteiger partial charge >= 0.3 is 0 Å². The smallest absolute Gasteiger partial charge is 0.119 e. The van der Waals surface area contributed by atoms with Crippen LogP contribution >= 0.6 is 0 Å². The summed E-state index contributed by atoms with van der Waals surface area (Å²) >= 11 is 0. The second-order valence-electron chi connectivity index (χ2n) is 3.95. The third-order valence-corrected chi connectivity index (χ3v) is 3.09. The highest BCUT2D eigenvalue weighted by Gasteiger charge is 2.30. The molecule has 2 rings (SSSR count). The Morgan fingerprint density at radius 2 is 2.27 bits per heavy atom. The molecule has 0 amide bonds. The monoisotopic (exact) mass is 208 g/mol. The van der Waals surface area contributed by atoms with E-state index in [1.165, 1.54) is 5.56 Å². The zero-order valence-electron chi connectivity index (χ0n) is 8.81. The second kappa shape index (κ2) is 4.21.